The van der Waals surface area contributed by atoms with Crippen LogP contribution < -0.4 is 10.5 Å². The average Bonchev–Trinajstić information content (AvgIpc) is 2.99. The molecule has 3 rings (SSSR count). The fourth-order valence-electron chi connectivity index (χ4n) is 2.63. The summed E-state index contributed by atoms with van der Waals surface area (Å²) in [5, 5.41) is 2.15. The lowest BCUT2D eigenvalue weighted by Gasteiger charge is -2.16. The van der Waals surface area contributed by atoms with Crippen molar-refractivity contribution in [3.63, 3.8) is 0 Å². The molecule has 1 heterocycles. The van der Waals surface area contributed by atoms with Gasteiger partial charge in [0.15, 0.2) is 0 Å². The van der Waals surface area contributed by atoms with Crippen molar-refractivity contribution in [2.75, 3.05) is 6.54 Å². The van der Waals surface area contributed by atoms with Gasteiger partial charge in [-0.05, 0) is 66.7 Å². The van der Waals surface area contributed by atoms with Gasteiger partial charge < -0.3 is 10.5 Å². The van der Waals surface area contributed by atoms with Crippen LogP contribution in [0.3, 0.4) is 0 Å². The minimum Gasteiger partial charge on any atom is -0.457 e. The molecule has 0 aliphatic carbocycles. The summed E-state index contributed by atoms with van der Waals surface area (Å²) in [5.74, 6) is 2.02. The average molecular weight is 323 g/mol. The predicted octanol–water partition coefficient (Wildman–Crippen LogP) is 5.13. The third kappa shape index (κ3) is 4.01. The van der Waals surface area contributed by atoms with E-state index in [-0.39, 0.29) is 0 Å². The molecule has 0 radical (unpaired) electrons. The maximum absolute atomic E-state index is 6.04. The van der Waals surface area contributed by atoms with Crippen LogP contribution in [0.4, 0.5) is 0 Å². The van der Waals surface area contributed by atoms with Crippen LogP contribution in [-0.4, -0.2) is 6.54 Å². The number of hydrogen-bond donors (Lipinski definition) is 1. The largest absolute Gasteiger partial charge is 0.457 e. The fraction of sp³-hybridized carbons (Fsp3) is 0.200. The summed E-state index contributed by atoms with van der Waals surface area (Å²) < 4.78 is 5.93. The van der Waals surface area contributed by atoms with Crippen molar-refractivity contribution in [1.29, 1.82) is 0 Å². The van der Waals surface area contributed by atoms with Crippen LogP contribution in [0.15, 0.2) is 66.0 Å². The zero-order valence-electron chi connectivity index (χ0n) is 13.2. The molecule has 0 fully saturated rings. The maximum atomic E-state index is 6.04. The Morgan fingerprint density at radius 3 is 2.48 bits per heavy atom. The van der Waals surface area contributed by atoms with Gasteiger partial charge in [-0.25, -0.2) is 0 Å². The zero-order chi connectivity index (χ0) is 16.1. The highest BCUT2D eigenvalue weighted by atomic mass is 32.1. The molecule has 23 heavy (non-hydrogen) atoms. The normalized spacial score (nSPS) is 12.1. The lowest BCUT2D eigenvalue weighted by molar-refractivity contribution is 0.481. The predicted molar refractivity (Wildman–Crippen MR) is 97.5 cm³/mol. The summed E-state index contributed by atoms with van der Waals surface area (Å²) >= 11 is 1.81. The van der Waals surface area contributed by atoms with Crippen molar-refractivity contribution < 1.29 is 4.74 Å². The molecule has 1 aromatic heterocycles. The Hall–Kier alpha value is -2.10. The molecule has 0 saturated heterocycles. The van der Waals surface area contributed by atoms with E-state index in [1.165, 1.54) is 16.0 Å². The monoisotopic (exact) mass is 323 g/mol. The standard InChI is InChI=1S/C20H21NOS/c1-15-10-11-23-20(15)13-17(14-21)16-6-5-9-19(12-16)22-18-7-3-2-4-8-18/h2-12,17H,13-14,21H2,1H3. The molecule has 3 aromatic rings. The Morgan fingerprint density at radius 2 is 1.78 bits per heavy atom. The SMILES string of the molecule is Cc1ccsc1CC(CN)c1cccc(Oc2ccccc2)c1. The summed E-state index contributed by atoms with van der Waals surface area (Å²) in [4.78, 5) is 1.41. The van der Waals surface area contributed by atoms with Crippen molar-refractivity contribution >= 4 is 11.3 Å². The Labute approximate surface area is 141 Å². The highest BCUT2D eigenvalue weighted by Gasteiger charge is 2.14. The number of aryl methyl sites for hydroxylation is 1. The van der Waals surface area contributed by atoms with E-state index >= 15 is 0 Å². The van der Waals surface area contributed by atoms with Gasteiger partial charge >= 0.3 is 0 Å². The first-order chi connectivity index (χ1) is 11.3. The second kappa shape index (κ2) is 7.44. The third-order valence-corrected chi connectivity index (χ3v) is 5.04. The van der Waals surface area contributed by atoms with Gasteiger partial charge in [0.2, 0.25) is 0 Å². The third-order valence-electron chi connectivity index (χ3n) is 3.99. The van der Waals surface area contributed by atoms with Crippen molar-refractivity contribution in [2.45, 2.75) is 19.3 Å². The Morgan fingerprint density at radius 1 is 1.00 bits per heavy atom. The highest BCUT2D eigenvalue weighted by Crippen LogP contribution is 2.29. The van der Waals surface area contributed by atoms with Crippen LogP contribution in [0, 0.1) is 6.92 Å². The Kier molecular flexibility index (Phi) is 5.11. The molecule has 3 heteroatoms. The minimum absolute atomic E-state index is 0.312. The topological polar surface area (TPSA) is 35.2 Å². The van der Waals surface area contributed by atoms with E-state index in [4.69, 9.17) is 10.5 Å². The summed E-state index contributed by atoms with van der Waals surface area (Å²) in [6, 6.07) is 20.3. The van der Waals surface area contributed by atoms with Crippen LogP contribution in [0.25, 0.3) is 0 Å². The van der Waals surface area contributed by atoms with Crippen LogP contribution in [-0.2, 0) is 6.42 Å². The maximum Gasteiger partial charge on any atom is 0.127 e. The second-order valence-electron chi connectivity index (χ2n) is 5.65. The number of thiophene rings is 1. The van der Waals surface area contributed by atoms with Crippen molar-refractivity contribution in [3.8, 4) is 11.5 Å². The molecular weight excluding hydrogens is 302 g/mol. The minimum atomic E-state index is 0.312. The van der Waals surface area contributed by atoms with Gasteiger partial charge in [-0.2, -0.15) is 0 Å². The molecule has 0 saturated carbocycles. The van der Waals surface area contributed by atoms with Crippen LogP contribution in [0.1, 0.15) is 21.9 Å². The molecule has 2 N–H and O–H groups in total. The number of rotatable bonds is 6. The lowest BCUT2D eigenvalue weighted by Crippen LogP contribution is -2.15. The molecule has 0 bridgehead atoms. The van der Waals surface area contributed by atoms with Crippen molar-refractivity contribution in [3.05, 3.63) is 82.0 Å². The van der Waals surface area contributed by atoms with Gasteiger partial charge in [-0.15, -0.1) is 11.3 Å². The summed E-state index contributed by atoms with van der Waals surface area (Å²) in [7, 11) is 0. The first-order valence-electron chi connectivity index (χ1n) is 7.82. The number of nitrogens with two attached hydrogens (primary N) is 1. The van der Waals surface area contributed by atoms with Crippen LogP contribution >= 0.6 is 11.3 Å². The fourth-order valence-corrected chi connectivity index (χ4v) is 3.62. The van der Waals surface area contributed by atoms with E-state index in [9.17, 15) is 0 Å². The molecule has 1 atom stereocenters. The second-order valence-corrected chi connectivity index (χ2v) is 6.65. The highest BCUT2D eigenvalue weighted by molar-refractivity contribution is 7.10. The molecule has 2 nitrogen and oxygen atoms in total. The number of ether oxygens (including phenoxy) is 1. The smallest absolute Gasteiger partial charge is 0.127 e. The Balaban J connectivity index is 1.78. The van der Waals surface area contributed by atoms with Crippen LogP contribution in [0.2, 0.25) is 0 Å². The van der Waals surface area contributed by atoms with Gasteiger partial charge in [0, 0.05) is 10.8 Å². The first-order valence-corrected chi connectivity index (χ1v) is 8.70. The number of benzene rings is 2. The van der Waals surface area contributed by atoms with Gasteiger partial charge in [0.05, 0.1) is 0 Å². The van der Waals surface area contributed by atoms with E-state index in [0.29, 0.717) is 12.5 Å². The van der Waals surface area contributed by atoms with Gasteiger partial charge in [0.1, 0.15) is 11.5 Å². The van der Waals surface area contributed by atoms with Gasteiger partial charge in [-0.3, -0.25) is 0 Å². The van der Waals surface area contributed by atoms with E-state index in [1.54, 1.807) is 0 Å². The lowest BCUT2D eigenvalue weighted by atomic mass is 9.94. The molecule has 1 unspecified atom stereocenters. The van der Waals surface area contributed by atoms with Crippen molar-refractivity contribution in [2.24, 2.45) is 5.73 Å². The first kappa shape index (κ1) is 15.8. The van der Waals surface area contributed by atoms with Gasteiger partial charge in [0.25, 0.3) is 0 Å². The van der Waals surface area contributed by atoms with E-state index < -0.39 is 0 Å². The zero-order valence-corrected chi connectivity index (χ0v) is 14.1. The van der Waals surface area contributed by atoms with Crippen LogP contribution in [0.5, 0.6) is 11.5 Å². The van der Waals surface area contributed by atoms with E-state index in [0.717, 1.165) is 17.9 Å². The van der Waals surface area contributed by atoms with E-state index in [2.05, 4.69) is 30.5 Å². The number of para-hydroxylation sites is 1. The quantitative estimate of drug-likeness (QED) is 0.682. The summed E-state index contributed by atoms with van der Waals surface area (Å²) in [6.45, 7) is 2.79. The molecule has 0 amide bonds. The molecule has 0 aliphatic rings. The molecule has 118 valence electrons. The molecule has 0 spiro atoms. The van der Waals surface area contributed by atoms with Crippen molar-refractivity contribution in [1.82, 2.24) is 0 Å². The number of hydrogen-bond acceptors (Lipinski definition) is 3. The Bertz CT molecular complexity index is 751. The summed E-state index contributed by atoms with van der Waals surface area (Å²) in [5.41, 5.74) is 8.62. The molecule has 0 aliphatic heterocycles. The molecule has 2 aromatic carbocycles. The van der Waals surface area contributed by atoms with E-state index in [1.807, 2.05) is 53.8 Å². The van der Waals surface area contributed by atoms with Gasteiger partial charge in [-0.1, -0.05) is 30.3 Å². The summed E-state index contributed by atoms with van der Waals surface area (Å²) in [6.07, 6.45) is 0.981. The molecular formula is C20H21NOS.